The van der Waals surface area contributed by atoms with Gasteiger partial charge >= 0.3 is 0 Å². The van der Waals surface area contributed by atoms with E-state index in [-0.39, 0.29) is 10.0 Å². The molecule has 14 heteroatoms. The van der Waals surface area contributed by atoms with E-state index in [9.17, 15) is 10.2 Å². The lowest BCUT2D eigenvalue weighted by Gasteiger charge is -2.45. The second kappa shape index (κ2) is 11.3. The van der Waals surface area contributed by atoms with Crippen LogP contribution in [0.15, 0.2) is 48.5 Å². The average molecular weight is 639 g/mol. The Bertz CT molecular complexity index is 1500. The predicted octanol–water partition coefficient (Wildman–Crippen LogP) is 7.30. The molecule has 2 N–H and O–H groups in total. The monoisotopic (exact) mass is 638 g/mol. The highest BCUT2D eigenvalue weighted by Crippen LogP contribution is 2.54. The number of aliphatic hydroxyl groups is 2. The summed E-state index contributed by atoms with van der Waals surface area (Å²) in [5.41, 5.74) is -14.0. The van der Waals surface area contributed by atoms with Gasteiger partial charge in [0.25, 0.3) is 0 Å². The molecule has 4 rings (SSSR count). The van der Waals surface area contributed by atoms with Crippen molar-refractivity contribution in [1.29, 1.82) is 0 Å². The minimum atomic E-state index is -4.04. The average Bonchev–Trinajstić information content (AvgIpc) is 2.96. The molecule has 0 amide bonds. The van der Waals surface area contributed by atoms with E-state index >= 15 is 35.1 Å². The lowest BCUT2D eigenvalue weighted by Crippen LogP contribution is -2.53. The third-order valence-corrected chi connectivity index (χ3v) is 7.13. The van der Waals surface area contributed by atoms with Gasteiger partial charge in [0.2, 0.25) is 23.3 Å². The first-order valence-electron chi connectivity index (χ1n) is 11.5. The van der Waals surface area contributed by atoms with Gasteiger partial charge in [-0.15, -0.1) is 0 Å². The topological polar surface area (TPSA) is 58.9 Å². The zero-order valence-corrected chi connectivity index (χ0v) is 22.6. The minimum absolute atomic E-state index is 0.0805. The van der Waals surface area contributed by atoms with E-state index in [4.69, 9.17) is 23.2 Å². The van der Waals surface area contributed by atoms with Crippen LogP contribution in [0, 0.1) is 46.5 Å². The van der Waals surface area contributed by atoms with E-state index in [1.807, 2.05) is 0 Å². The number of ether oxygens (including phenoxy) is 2. The molecule has 0 aromatic heterocycles. The Morgan fingerprint density at radius 3 is 0.929 bits per heavy atom. The van der Waals surface area contributed by atoms with Gasteiger partial charge in [0.1, 0.15) is 0 Å². The molecule has 0 saturated heterocycles. The summed E-state index contributed by atoms with van der Waals surface area (Å²) in [4.78, 5) is 0. The van der Waals surface area contributed by atoms with E-state index < -0.39 is 91.5 Å². The molecular weight excluding hydrogens is 623 g/mol. The van der Waals surface area contributed by atoms with Gasteiger partial charge in [-0.25, -0.2) is 17.6 Å². The Morgan fingerprint density at radius 2 is 0.714 bits per heavy atom. The van der Waals surface area contributed by atoms with Crippen LogP contribution < -0.4 is 9.47 Å². The van der Waals surface area contributed by atoms with Crippen molar-refractivity contribution in [1.82, 2.24) is 0 Å². The predicted molar refractivity (Wildman–Crippen MR) is 135 cm³/mol. The van der Waals surface area contributed by atoms with Crippen LogP contribution in [0.25, 0.3) is 0 Å². The number of hydrogen-bond donors (Lipinski definition) is 2. The van der Waals surface area contributed by atoms with Crippen LogP contribution in [0.1, 0.15) is 22.3 Å². The van der Waals surface area contributed by atoms with Gasteiger partial charge in [-0.05, 0) is 35.4 Å². The second-order valence-corrected chi connectivity index (χ2v) is 9.64. The number of methoxy groups -OCH3 is 2. The molecule has 2 atom stereocenters. The molecule has 0 fully saturated rings. The lowest BCUT2D eigenvalue weighted by atomic mass is 9.65. The van der Waals surface area contributed by atoms with E-state index in [1.54, 1.807) is 0 Å². The summed E-state index contributed by atoms with van der Waals surface area (Å²) in [6.07, 6.45) is 0. The Morgan fingerprint density at radius 1 is 0.476 bits per heavy atom. The third kappa shape index (κ3) is 4.44. The first kappa shape index (κ1) is 31.4. The standard InChI is InChI=1S/C28H16Cl2F8O4/c1-41-25-21(35)17(31)15(18(32)22(25)36)27(39,11-3-7-13(29)8-4-11)28(40,12-5-9-14(30)10-6-12)16-19(33)23(37)26(42-2)24(38)20(16)34/h3-10,39-40H,1-2H3. The Labute approximate surface area is 242 Å². The van der Waals surface area contributed by atoms with Crippen molar-refractivity contribution in [3.8, 4) is 11.5 Å². The van der Waals surface area contributed by atoms with Gasteiger partial charge in [0, 0.05) is 10.0 Å². The van der Waals surface area contributed by atoms with Gasteiger partial charge in [0.15, 0.2) is 46.0 Å². The van der Waals surface area contributed by atoms with Gasteiger partial charge < -0.3 is 19.7 Å². The molecular formula is C28H16Cl2F8O4. The van der Waals surface area contributed by atoms with Crippen molar-refractivity contribution in [2.24, 2.45) is 0 Å². The van der Waals surface area contributed by atoms with Crippen molar-refractivity contribution >= 4 is 23.2 Å². The summed E-state index contributed by atoms with van der Waals surface area (Å²) in [7, 11) is 1.31. The Kier molecular flexibility index (Phi) is 8.40. The molecule has 4 aromatic carbocycles. The molecule has 4 nitrogen and oxygen atoms in total. The molecule has 0 radical (unpaired) electrons. The van der Waals surface area contributed by atoms with Crippen molar-refractivity contribution in [3.05, 3.63) is 127 Å². The Hall–Kier alpha value is -3.58. The fraction of sp³-hybridized carbons (Fsp3) is 0.143. The highest BCUT2D eigenvalue weighted by molar-refractivity contribution is 6.30. The third-order valence-electron chi connectivity index (χ3n) is 6.63. The van der Waals surface area contributed by atoms with E-state index in [0.717, 1.165) is 48.5 Å². The largest absolute Gasteiger partial charge is 0.491 e. The molecule has 222 valence electrons. The van der Waals surface area contributed by atoms with Crippen LogP contribution in [0.3, 0.4) is 0 Å². The Balaban J connectivity index is 2.35. The van der Waals surface area contributed by atoms with Crippen LogP contribution in [0.4, 0.5) is 35.1 Å². The van der Waals surface area contributed by atoms with Crippen molar-refractivity contribution in [3.63, 3.8) is 0 Å². The van der Waals surface area contributed by atoms with Crippen molar-refractivity contribution < 1.29 is 54.8 Å². The molecule has 4 aromatic rings. The highest BCUT2D eigenvalue weighted by atomic mass is 35.5. The smallest absolute Gasteiger partial charge is 0.204 e. The summed E-state index contributed by atoms with van der Waals surface area (Å²) in [6.45, 7) is 0. The fourth-order valence-corrected chi connectivity index (χ4v) is 4.92. The van der Waals surface area contributed by atoms with Crippen LogP contribution in [0.2, 0.25) is 10.0 Å². The first-order valence-corrected chi connectivity index (χ1v) is 12.2. The highest BCUT2D eigenvalue weighted by Gasteiger charge is 2.61. The number of hydrogen-bond acceptors (Lipinski definition) is 4. The number of benzene rings is 4. The first-order chi connectivity index (χ1) is 19.7. The lowest BCUT2D eigenvalue weighted by molar-refractivity contribution is -0.121. The van der Waals surface area contributed by atoms with E-state index in [2.05, 4.69) is 9.47 Å². The maximum absolute atomic E-state index is 15.7. The van der Waals surface area contributed by atoms with Crippen molar-refractivity contribution in [2.45, 2.75) is 11.2 Å². The van der Waals surface area contributed by atoms with Gasteiger partial charge in [-0.3, -0.25) is 0 Å². The molecule has 0 aliphatic rings. The molecule has 0 saturated carbocycles. The van der Waals surface area contributed by atoms with Gasteiger partial charge in [-0.1, -0.05) is 47.5 Å². The van der Waals surface area contributed by atoms with Crippen LogP contribution >= 0.6 is 23.2 Å². The summed E-state index contributed by atoms with van der Waals surface area (Å²) >= 11 is 11.7. The fourth-order valence-electron chi connectivity index (χ4n) is 4.67. The van der Waals surface area contributed by atoms with Crippen molar-refractivity contribution in [2.75, 3.05) is 14.2 Å². The zero-order chi connectivity index (χ0) is 31.3. The second-order valence-electron chi connectivity index (χ2n) is 8.76. The molecule has 0 heterocycles. The van der Waals surface area contributed by atoms with E-state index in [0.29, 0.717) is 14.2 Å². The van der Waals surface area contributed by atoms with Crippen LogP contribution in [0.5, 0.6) is 11.5 Å². The molecule has 2 unspecified atom stereocenters. The quantitative estimate of drug-likeness (QED) is 0.165. The normalized spacial score (nSPS) is 14.3. The zero-order valence-electron chi connectivity index (χ0n) is 21.1. The summed E-state index contributed by atoms with van der Waals surface area (Å²) < 4.78 is 132. The molecule has 0 aliphatic carbocycles. The summed E-state index contributed by atoms with van der Waals surface area (Å²) in [6, 6.07) is 6.97. The van der Waals surface area contributed by atoms with Crippen LogP contribution in [-0.4, -0.2) is 24.4 Å². The van der Waals surface area contributed by atoms with E-state index in [1.165, 1.54) is 0 Å². The molecule has 0 bridgehead atoms. The van der Waals surface area contributed by atoms with Crippen LogP contribution in [-0.2, 0) is 11.2 Å². The number of halogens is 10. The molecule has 42 heavy (non-hydrogen) atoms. The molecule has 0 spiro atoms. The minimum Gasteiger partial charge on any atom is -0.491 e. The summed E-state index contributed by atoms with van der Waals surface area (Å²) in [5.74, 6) is -21.7. The molecule has 0 aliphatic heterocycles. The number of rotatable bonds is 7. The van der Waals surface area contributed by atoms with Gasteiger partial charge in [0.05, 0.1) is 25.3 Å². The maximum atomic E-state index is 15.7. The summed E-state index contributed by atoms with van der Waals surface area (Å²) in [5, 5.41) is 24.4. The SMILES string of the molecule is COc1c(F)c(F)c(C(O)(c2ccc(Cl)cc2)C(O)(c2ccc(Cl)cc2)c2c(F)c(F)c(OC)c(F)c2F)c(F)c1F. The van der Waals surface area contributed by atoms with Gasteiger partial charge in [-0.2, -0.15) is 17.6 Å². The maximum Gasteiger partial charge on any atom is 0.204 e.